The molecule has 10 heteroatoms. The summed E-state index contributed by atoms with van der Waals surface area (Å²) in [5.41, 5.74) is 8.81. The quantitative estimate of drug-likeness (QED) is 0.423. The second-order valence-electron chi connectivity index (χ2n) is 7.41. The number of amides is 1. The van der Waals surface area contributed by atoms with Crippen LogP contribution in [0.2, 0.25) is 0 Å². The molecule has 0 radical (unpaired) electrons. The molecular formula is C21H31Cl3FN5O. The van der Waals surface area contributed by atoms with E-state index in [4.69, 9.17) is 5.73 Å². The van der Waals surface area contributed by atoms with Crippen molar-refractivity contribution < 1.29 is 9.18 Å². The first kappa shape index (κ1) is 29.4. The number of nitrogens with one attached hydrogen (secondary N) is 3. The number of hydrogen-bond acceptors (Lipinski definition) is 5. The van der Waals surface area contributed by atoms with Gasteiger partial charge in [-0.3, -0.25) is 4.79 Å². The zero-order valence-electron chi connectivity index (χ0n) is 17.4. The number of halogens is 4. The summed E-state index contributed by atoms with van der Waals surface area (Å²) >= 11 is 0. The Bertz CT molecular complexity index is 807. The summed E-state index contributed by atoms with van der Waals surface area (Å²) in [5.74, 6) is 0.545. The summed E-state index contributed by atoms with van der Waals surface area (Å²) < 4.78 is 13.2. The van der Waals surface area contributed by atoms with Gasteiger partial charge in [-0.15, -0.1) is 37.2 Å². The van der Waals surface area contributed by atoms with Crippen molar-refractivity contribution in [3.63, 3.8) is 0 Å². The van der Waals surface area contributed by atoms with Gasteiger partial charge in [0, 0.05) is 24.8 Å². The average Bonchev–Trinajstić information content (AvgIpc) is 3.04. The number of carbonyl (C=O) groups is 1. The maximum absolute atomic E-state index is 13.2. The summed E-state index contributed by atoms with van der Waals surface area (Å²) in [6.07, 6.45) is 1.45. The molecular weight excluding hydrogens is 464 g/mol. The van der Waals surface area contributed by atoms with E-state index in [1.165, 1.54) is 12.1 Å². The standard InChI is InChI=1S/C21H28FN5O.3ClH/c1-14-7-18(26-20(23)8-14)10-16-11-25-12-19(16)27-21(28)13-24-6-5-15-3-2-4-17(22)9-15;;;/h2-4,7-9,16,19,24-25H,5-6,10-13H2,1H3,(H2,23,26)(H,27,28);3*1H/t16-,19+;;;/m0.../s1. The molecule has 1 aromatic heterocycles. The summed E-state index contributed by atoms with van der Waals surface area (Å²) in [5, 5.41) is 9.57. The van der Waals surface area contributed by atoms with Crippen LogP contribution in [0.25, 0.3) is 0 Å². The van der Waals surface area contributed by atoms with Crippen molar-refractivity contribution in [1.82, 2.24) is 20.9 Å². The van der Waals surface area contributed by atoms with Gasteiger partial charge in [-0.25, -0.2) is 9.37 Å². The molecule has 1 aliphatic rings. The molecule has 2 aromatic rings. The Kier molecular flexibility index (Phi) is 13.7. The molecule has 0 unspecified atom stereocenters. The molecule has 174 valence electrons. The Balaban J connectivity index is 0.00000300. The van der Waals surface area contributed by atoms with Crippen molar-refractivity contribution in [1.29, 1.82) is 0 Å². The van der Waals surface area contributed by atoms with E-state index in [1.54, 1.807) is 6.07 Å². The lowest BCUT2D eigenvalue weighted by Crippen LogP contribution is -2.45. The third-order valence-electron chi connectivity index (χ3n) is 4.97. The van der Waals surface area contributed by atoms with Crippen LogP contribution in [0.15, 0.2) is 36.4 Å². The normalized spacial score (nSPS) is 17.1. The van der Waals surface area contributed by atoms with Crippen LogP contribution in [-0.2, 0) is 17.6 Å². The Morgan fingerprint density at radius 1 is 1.23 bits per heavy atom. The molecule has 0 spiro atoms. The van der Waals surface area contributed by atoms with E-state index in [2.05, 4.69) is 20.9 Å². The molecule has 1 aliphatic heterocycles. The third-order valence-corrected chi connectivity index (χ3v) is 4.97. The first-order chi connectivity index (χ1) is 13.5. The van der Waals surface area contributed by atoms with Crippen molar-refractivity contribution >= 4 is 48.9 Å². The molecule has 2 atom stereocenters. The Morgan fingerprint density at radius 3 is 2.71 bits per heavy atom. The minimum atomic E-state index is -0.236. The van der Waals surface area contributed by atoms with Gasteiger partial charge in [-0.2, -0.15) is 0 Å². The van der Waals surface area contributed by atoms with Gasteiger partial charge in [-0.05, 0) is 67.6 Å². The highest BCUT2D eigenvalue weighted by atomic mass is 35.5. The third kappa shape index (κ3) is 9.58. The highest BCUT2D eigenvalue weighted by Crippen LogP contribution is 2.17. The first-order valence-corrected chi connectivity index (χ1v) is 9.68. The van der Waals surface area contributed by atoms with Crippen LogP contribution >= 0.6 is 37.2 Å². The van der Waals surface area contributed by atoms with Crippen LogP contribution in [-0.4, -0.2) is 43.1 Å². The molecule has 6 nitrogen and oxygen atoms in total. The molecule has 2 heterocycles. The fourth-order valence-electron chi connectivity index (χ4n) is 3.64. The Hall–Kier alpha value is -1.64. The van der Waals surface area contributed by atoms with E-state index in [9.17, 15) is 9.18 Å². The smallest absolute Gasteiger partial charge is 0.234 e. The van der Waals surface area contributed by atoms with Gasteiger partial charge in [0.15, 0.2) is 0 Å². The number of pyridine rings is 1. The molecule has 31 heavy (non-hydrogen) atoms. The molecule has 3 rings (SSSR count). The Labute approximate surface area is 201 Å². The first-order valence-electron chi connectivity index (χ1n) is 9.68. The minimum Gasteiger partial charge on any atom is -0.384 e. The highest BCUT2D eigenvalue weighted by Gasteiger charge is 2.28. The number of hydrogen-bond donors (Lipinski definition) is 4. The van der Waals surface area contributed by atoms with Gasteiger partial charge in [-0.1, -0.05) is 12.1 Å². The second-order valence-corrected chi connectivity index (χ2v) is 7.41. The van der Waals surface area contributed by atoms with Crippen LogP contribution in [0, 0.1) is 18.7 Å². The molecule has 1 fully saturated rings. The minimum absolute atomic E-state index is 0. The predicted octanol–water partition coefficient (Wildman–Crippen LogP) is 2.46. The highest BCUT2D eigenvalue weighted by molar-refractivity contribution is 5.86. The van der Waals surface area contributed by atoms with Crippen molar-refractivity contribution in [2.75, 3.05) is 31.9 Å². The fraction of sp³-hybridized carbons (Fsp3) is 0.429. The van der Waals surface area contributed by atoms with Crippen LogP contribution in [0.5, 0.6) is 0 Å². The molecule has 0 bridgehead atoms. The van der Waals surface area contributed by atoms with E-state index in [-0.39, 0.29) is 67.5 Å². The number of benzene rings is 1. The lowest BCUT2D eigenvalue weighted by atomic mass is 9.97. The number of aryl methyl sites for hydroxylation is 1. The molecule has 0 saturated carbocycles. The van der Waals surface area contributed by atoms with Gasteiger partial charge < -0.3 is 21.7 Å². The van der Waals surface area contributed by atoms with Crippen LogP contribution in [0.3, 0.4) is 0 Å². The second kappa shape index (κ2) is 14.4. The number of nitrogens with zero attached hydrogens (tertiary/aromatic N) is 1. The molecule has 5 N–H and O–H groups in total. The number of nitrogen functional groups attached to an aromatic ring is 1. The molecule has 1 aromatic carbocycles. The van der Waals surface area contributed by atoms with Crippen LogP contribution in [0.1, 0.15) is 16.8 Å². The van der Waals surface area contributed by atoms with Gasteiger partial charge in [0.1, 0.15) is 11.6 Å². The van der Waals surface area contributed by atoms with Crippen LogP contribution < -0.4 is 21.7 Å². The summed E-state index contributed by atoms with van der Waals surface area (Å²) in [4.78, 5) is 16.7. The largest absolute Gasteiger partial charge is 0.384 e. The van der Waals surface area contributed by atoms with Gasteiger partial charge in [0.05, 0.1) is 6.54 Å². The van der Waals surface area contributed by atoms with Crippen molar-refractivity contribution in [3.8, 4) is 0 Å². The Morgan fingerprint density at radius 2 is 2.00 bits per heavy atom. The van der Waals surface area contributed by atoms with Crippen molar-refractivity contribution in [2.24, 2.45) is 5.92 Å². The van der Waals surface area contributed by atoms with Gasteiger partial charge in [0.2, 0.25) is 5.91 Å². The SMILES string of the molecule is Cc1cc(N)nc(C[C@H]2CNC[C@H]2NC(=O)CNCCc2cccc(F)c2)c1.Cl.Cl.Cl. The lowest BCUT2D eigenvalue weighted by molar-refractivity contribution is -0.121. The zero-order chi connectivity index (χ0) is 19.9. The van der Waals surface area contributed by atoms with E-state index >= 15 is 0 Å². The molecule has 1 saturated heterocycles. The van der Waals surface area contributed by atoms with Crippen molar-refractivity contribution in [2.45, 2.75) is 25.8 Å². The topological polar surface area (TPSA) is 92.1 Å². The summed E-state index contributed by atoms with van der Waals surface area (Å²) in [6, 6.07) is 10.5. The number of aromatic nitrogens is 1. The van der Waals surface area contributed by atoms with E-state index in [0.29, 0.717) is 18.8 Å². The monoisotopic (exact) mass is 493 g/mol. The number of nitrogens with two attached hydrogens (primary N) is 1. The van der Waals surface area contributed by atoms with E-state index < -0.39 is 0 Å². The summed E-state index contributed by atoms with van der Waals surface area (Å²) in [7, 11) is 0. The number of anilines is 1. The van der Waals surface area contributed by atoms with E-state index in [1.807, 2.05) is 25.1 Å². The van der Waals surface area contributed by atoms with Gasteiger partial charge >= 0.3 is 0 Å². The average molecular weight is 495 g/mol. The number of carbonyl (C=O) groups excluding carboxylic acids is 1. The van der Waals surface area contributed by atoms with Crippen molar-refractivity contribution in [3.05, 3.63) is 59.0 Å². The maximum Gasteiger partial charge on any atom is 0.234 e. The molecule has 1 amide bonds. The van der Waals surface area contributed by atoms with Gasteiger partial charge in [0.25, 0.3) is 0 Å². The maximum atomic E-state index is 13.2. The lowest BCUT2D eigenvalue weighted by Gasteiger charge is -2.20. The molecule has 0 aliphatic carbocycles. The summed E-state index contributed by atoms with van der Waals surface area (Å²) in [6.45, 7) is 4.46. The van der Waals surface area contributed by atoms with E-state index in [0.717, 1.165) is 36.3 Å². The van der Waals surface area contributed by atoms with Crippen LogP contribution in [0.4, 0.5) is 10.2 Å². The predicted molar refractivity (Wildman–Crippen MR) is 130 cm³/mol. The fourth-order valence-corrected chi connectivity index (χ4v) is 3.64. The zero-order valence-corrected chi connectivity index (χ0v) is 19.8. The number of rotatable bonds is 8.